The van der Waals surface area contributed by atoms with Crippen molar-refractivity contribution >= 4 is 22.0 Å². The lowest BCUT2D eigenvalue weighted by Crippen LogP contribution is -2.65. The number of aliphatic imine (C=N–C) groups is 1. The normalized spacial score (nSPS) is 22.9. The van der Waals surface area contributed by atoms with Gasteiger partial charge in [-0.05, 0) is 64.8 Å². The van der Waals surface area contributed by atoms with E-state index in [1.807, 2.05) is 0 Å². The van der Waals surface area contributed by atoms with Gasteiger partial charge in [0.2, 0.25) is 0 Å². The van der Waals surface area contributed by atoms with Crippen LogP contribution in [0.5, 0.6) is 0 Å². The Balaban J connectivity index is 2.66. The van der Waals surface area contributed by atoms with Gasteiger partial charge >= 0.3 is 6.09 Å². The number of nitrogens with one attached hydrogen (secondary N) is 1. The van der Waals surface area contributed by atoms with Crippen molar-refractivity contribution in [2.24, 2.45) is 4.99 Å². The molecule has 1 aliphatic heterocycles. The minimum Gasteiger partial charge on any atom is -0.443 e. The quantitative estimate of drug-likeness (QED) is 0.350. The number of methoxy groups -OCH3 is 1. The fourth-order valence-corrected chi connectivity index (χ4v) is 6.52. The van der Waals surface area contributed by atoms with Crippen LogP contribution in [0.1, 0.15) is 47.1 Å². The molecule has 0 fully saturated rings. The lowest BCUT2D eigenvalue weighted by atomic mass is 9.93. The molecule has 2 rings (SSSR count). The molecule has 0 spiro atoms. The van der Waals surface area contributed by atoms with Crippen LogP contribution >= 0.6 is 0 Å². The Hall–Kier alpha value is -1.88. The van der Waals surface area contributed by atoms with Crippen LogP contribution in [0.15, 0.2) is 29.3 Å². The lowest BCUT2D eigenvalue weighted by Gasteiger charge is -2.50. The van der Waals surface area contributed by atoms with E-state index in [1.54, 1.807) is 73.9 Å². The van der Waals surface area contributed by atoms with Crippen molar-refractivity contribution in [1.29, 1.82) is 0 Å². The predicted octanol–water partition coefficient (Wildman–Crippen LogP) is 3.24. The molecule has 33 heavy (non-hydrogen) atoms. The zero-order valence-corrected chi connectivity index (χ0v) is 21.8. The molecule has 0 saturated heterocycles. The van der Waals surface area contributed by atoms with Gasteiger partial charge in [-0.15, -0.1) is 0 Å². The molecule has 1 heterocycles. The van der Waals surface area contributed by atoms with E-state index in [1.165, 1.54) is 11.0 Å². The molecule has 1 aliphatic rings. The van der Waals surface area contributed by atoms with Crippen molar-refractivity contribution in [3.05, 3.63) is 35.6 Å². The van der Waals surface area contributed by atoms with Gasteiger partial charge in [-0.2, -0.15) is 0 Å². The van der Waals surface area contributed by atoms with E-state index in [4.69, 9.17) is 19.2 Å². The average Bonchev–Trinajstić information content (AvgIpc) is 2.70. The molecule has 0 saturated carbocycles. The molecular weight excluding hydrogens is 449 g/mol. The number of amidine groups is 1. The predicted molar refractivity (Wildman–Crippen MR) is 129 cm³/mol. The van der Waals surface area contributed by atoms with Gasteiger partial charge < -0.3 is 14.2 Å². The highest BCUT2D eigenvalue weighted by molar-refractivity contribution is 8.03. The molecular formula is C23H38FN3O5S. The molecule has 0 bridgehead atoms. The molecule has 1 amide bonds. The van der Waals surface area contributed by atoms with Crippen molar-refractivity contribution in [3.63, 3.8) is 0 Å². The molecule has 1 aromatic rings. The molecule has 1 aromatic carbocycles. The first kappa shape index (κ1) is 27.4. The Kier molecular flexibility index (Phi) is 8.43. The smallest absolute Gasteiger partial charge is 0.417 e. The van der Waals surface area contributed by atoms with Crippen LogP contribution in [0.4, 0.5) is 9.18 Å². The molecule has 8 nitrogen and oxygen atoms in total. The summed E-state index contributed by atoms with van der Waals surface area (Å²) in [6.07, 6.45) is -0.688. The number of ether oxygens (including phenoxy) is 3. The van der Waals surface area contributed by atoms with Gasteiger partial charge in [0.25, 0.3) is 0 Å². The van der Waals surface area contributed by atoms with Crippen LogP contribution in [-0.2, 0) is 29.9 Å². The number of amides is 1. The number of hydrogen-bond acceptors (Lipinski definition) is 6. The summed E-state index contributed by atoms with van der Waals surface area (Å²) in [6, 6.07) is 6.28. The first-order valence-corrected chi connectivity index (χ1v) is 12.8. The highest BCUT2D eigenvalue weighted by Gasteiger charge is 2.52. The zero-order chi connectivity index (χ0) is 25.1. The maximum atomic E-state index is 14.8. The number of halogens is 1. The summed E-state index contributed by atoms with van der Waals surface area (Å²) in [5.41, 5.74) is -1.65. The Morgan fingerprint density at radius 3 is 2.42 bits per heavy atom. The summed E-state index contributed by atoms with van der Waals surface area (Å²) in [5, 5.41) is 0. The van der Waals surface area contributed by atoms with E-state index in [2.05, 4.69) is 4.72 Å². The second-order valence-electron chi connectivity index (χ2n) is 9.81. The van der Waals surface area contributed by atoms with Crippen LogP contribution in [0.3, 0.4) is 0 Å². The number of thiol groups is 1. The minimum atomic E-state index is -3.23. The van der Waals surface area contributed by atoms with Gasteiger partial charge in [-0.1, -0.05) is 18.2 Å². The number of rotatable bonds is 7. The van der Waals surface area contributed by atoms with E-state index >= 15 is 0 Å². The fraction of sp³-hybridized carbons (Fsp3) is 0.652. The monoisotopic (exact) mass is 487 g/mol. The summed E-state index contributed by atoms with van der Waals surface area (Å²) < 4.78 is 47.2. The van der Waals surface area contributed by atoms with Gasteiger partial charge in [-0.25, -0.2) is 14.1 Å². The van der Waals surface area contributed by atoms with Crippen LogP contribution in [0.25, 0.3) is 0 Å². The molecule has 0 aliphatic carbocycles. The van der Waals surface area contributed by atoms with Crippen LogP contribution < -0.4 is 4.72 Å². The summed E-state index contributed by atoms with van der Waals surface area (Å²) in [5.74, 6) is -0.157. The van der Waals surface area contributed by atoms with Crippen LogP contribution in [0.2, 0.25) is 0 Å². The standard InChI is InChI=1S/C23H38FN3O5S/c1-21(2,3)32-20(28)27(16-31-14-13-30-8)19-22(4,5)33(29,25-7)15-23(6,26-19)17-11-9-10-12-18(17)24/h9-12,33H,13-16H2,1-8H3,(H,25,29)/t23-/m0/s1. The highest BCUT2D eigenvalue weighted by atomic mass is 32.3. The van der Waals surface area contributed by atoms with Crippen molar-refractivity contribution < 1.29 is 27.6 Å². The summed E-state index contributed by atoms with van der Waals surface area (Å²) in [7, 11) is -0.0677. The van der Waals surface area contributed by atoms with Crippen LogP contribution in [0, 0.1) is 5.82 Å². The van der Waals surface area contributed by atoms with Gasteiger partial charge in [0.15, 0.2) is 0 Å². The number of hydrogen-bond donors (Lipinski definition) is 2. The maximum absolute atomic E-state index is 14.8. The van der Waals surface area contributed by atoms with Crippen molar-refractivity contribution in [3.8, 4) is 0 Å². The highest BCUT2D eigenvalue weighted by Crippen LogP contribution is 2.41. The number of carbonyl (C=O) groups is 1. The molecule has 188 valence electrons. The Labute approximate surface area is 197 Å². The summed E-state index contributed by atoms with van der Waals surface area (Å²) >= 11 is 0. The third-order valence-electron chi connectivity index (χ3n) is 5.67. The van der Waals surface area contributed by atoms with E-state index in [-0.39, 0.29) is 24.9 Å². The molecule has 0 radical (unpaired) electrons. The number of carbonyl (C=O) groups excluding carboxylic acids is 1. The van der Waals surface area contributed by atoms with E-state index in [0.717, 1.165) is 0 Å². The molecule has 0 unspecified atom stereocenters. The minimum absolute atomic E-state index is 0.0840. The fourth-order valence-electron chi connectivity index (χ4n) is 3.81. The topological polar surface area (TPSA) is 89.5 Å². The summed E-state index contributed by atoms with van der Waals surface area (Å²) in [6.45, 7) is 10.9. The van der Waals surface area contributed by atoms with Crippen molar-refractivity contribution in [1.82, 2.24) is 9.62 Å². The second kappa shape index (κ2) is 10.2. The Bertz CT molecular complexity index is 931. The first-order valence-electron chi connectivity index (χ1n) is 10.9. The Morgan fingerprint density at radius 1 is 1.24 bits per heavy atom. The van der Waals surface area contributed by atoms with Gasteiger partial charge in [-0.3, -0.25) is 13.9 Å². The molecule has 1 N–H and O–H groups in total. The number of nitrogens with zero attached hydrogens (tertiary/aromatic N) is 2. The van der Waals surface area contributed by atoms with Gasteiger partial charge in [0, 0.05) is 18.4 Å². The lowest BCUT2D eigenvalue weighted by molar-refractivity contribution is -0.00308. The van der Waals surface area contributed by atoms with E-state index in [9.17, 15) is 13.4 Å². The SMILES string of the molecule is CN[SH]1(=O)C[C@@](C)(c2ccccc2F)N=C(N(COCCOC)C(=O)OC(C)(C)C)C1(C)C. The third kappa shape index (κ3) is 5.98. The molecule has 10 heteroatoms. The molecule has 1 atom stereocenters. The third-order valence-corrected chi connectivity index (χ3v) is 9.46. The van der Waals surface area contributed by atoms with Crippen molar-refractivity contribution in [2.45, 2.75) is 57.4 Å². The molecule has 0 aromatic heterocycles. The summed E-state index contributed by atoms with van der Waals surface area (Å²) in [4.78, 5) is 19.4. The van der Waals surface area contributed by atoms with Gasteiger partial charge in [0.05, 0.1) is 23.5 Å². The average molecular weight is 488 g/mol. The van der Waals surface area contributed by atoms with Gasteiger partial charge in [0.1, 0.15) is 24.0 Å². The van der Waals surface area contributed by atoms with Crippen LogP contribution in [-0.4, -0.2) is 71.2 Å². The first-order chi connectivity index (χ1) is 15.2. The van der Waals surface area contributed by atoms with E-state index in [0.29, 0.717) is 12.2 Å². The second-order valence-corrected chi connectivity index (χ2v) is 13.2. The van der Waals surface area contributed by atoms with Crippen molar-refractivity contribution in [2.75, 3.05) is 39.9 Å². The maximum Gasteiger partial charge on any atom is 0.417 e. The van der Waals surface area contributed by atoms with E-state index < -0.39 is 37.9 Å². The Morgan fingerprint density at radius 2 is 1.88 bits per heavy atom. The zero-order valence-electron chi connectivity index (χ0n) is 20.9. The largest absolute Gasteiger partial charge is 0.443 e. The number of benzene rings is 1.